The van der Waals surface area contributed by atoms with E-state index in [-0.39, 0.29) is 11.6 Å². The van der Waals surface area contributed by atoms with Gasteiger partial charge in [0.05, 0.1) is 7.11 Å². The van der Waals surface area contributed by atoms with Crippen LogP contribution >= 0.6 is 0 Å². The average molecular weight is 320 g/mol. The Morgan fingerprint density at radius 2 is 1.57 bits per heavy atom. The van der Waals surface area contributed by atoms with Crippen molar-refractivity contribution in [1.82, 2.24) is 0 Å². The average Bonchev–Trinajstić information content (AvgIpc) is 3.11. The summed E-state index contributed by atoms with van der Waals surface area (Å²) in [6.45, 7) is 8.77. The minimum Gasteiger partial charge on any atom is -0.466 e. The van der Waals surface area contributed by atoms with E-state index in [0.29, 0.717) is 0 Å². The van der Waals surface area contributed by atoms with Crippen molar-refractivity contribution < 1.29 is 19.1 Å². The molecule has 0 spiro atoms. The van der Waals surface area contributed by atoms with E-state index in [9.17, 15) is 9.59 Å². The van der Waals surface area contributed by atoms with Crippen molar-refractivity contribution in [3.05, 3.63) is 25.3 Å². The summed E-state index contributed by atoms with van der Waals surface area (Å²) in [5, 5.41) is 0. The zero-order valence-corrected chi connectivity index (χ0v) is 14.3. The lowest BCUT2D eigenvalue weighted by Crippen LogP contribution is -2.38. The van der Waals surface area contributed by atoms with Gasteiger partial charge in [0.15, 0.2) is 0 Å². The van der Waals surface area contributed by atoms with Crippen molar-refractivity contribution in [2.75, 3.05) is 7.11 Å². The Morgan fingerprint density at radius 3 is 1.96 bits per heavy atom. The number of esters is 2. The molecular formula is C19H28O4. The number of carbonyl (C=O) groups is 2. The first-order chi connectivity index (χ1) is 10.9. The summed E-state index contributed by atoms with van der Waals surface area (Å²) in [4.78, 5) is 21.3. The van der Waals surface area contributed by atoms with Crippen LogP contribution in [0, 0.1) is 23.7 Å². The first kappa shape index (κ1) is 17.8. The van der Waals surface area contributed by atoms with Gasteiger partial charge in [0, 0.05) is 12.2 Å². The zero-order valence-electron chi connectivity index (χ0n) is 14.3. The second-order valence-electron chi connectivity index (χ2n) is 7.23. The van der Waals surface area contributed by atoms with Crippen molar-refractivity contribution in [2.24, 2.45) is 23.7 Å². The van der Waals surface area contributed by atoms with Gasteiger partial charge in [0.1, 0.15) is 5.60 Å². The lowest BCUT2D eigenvalue weighted by molar-refractivity contribution is -0.157. The molecule has 3 aliphatic rings. The quantitative estimate of drug-likeness (QED) is 0.588. The van der Waals surface area contributed by atoms with Gasteiger partial charge in [-0.25, -0.2) is 9.59 Å². The molecule has 0 radical (unpaired) electrons. The van der Waals surface area contributed by atoms with Crippen molar-refractivity contribution >= 4 is 11.9 Å². The second-order valence-corrected chi connectivity index (χ2v) is 7.23. The molecule has 128 valence electrons. The van der Waals surface area contributed by atoms with Crippen LogP contribution in [0.1, 0.15) is 45.4 Å². The van der Waals surface area contributed by atoms with Crippen molar-refractivity contribution in [3.8, 4) is 0 Å². The summed E-state index contributed by atoms with van der Waals surface area (Å²) in [5.74, 6) is 2.84. The molecule has 0 N–H and O–H groups in total. The number of carbonyl (C=O) groups excluding carboxylic acids is 2. The highest BCUT2D eigenvalue weighted by molar-refractivity contribution is 5.81. The SMILES string of the molecule is C=CC(=O)OC.C=CC(=O)OC1(C)CC2CC(C1)C1CCCC21. The maximum absolute atomic E-state index is 11.4. The molecule has 3 saturated carbocycles. The Kier molecular flexibility index (Phi) is 5.66. The number of hydrogen-bond donors (Lipinski definition) is 0. The fourth-order valence-electron chi connectivity index (χ4n) is 5.04. The van der Waals surface area contributed by atoms with E-state index in [1.165, 1.54) is 38.9 Å². The third-order valence-corrected chi connectivity index (χ3v) is 5.71. The molecule has 3 aliphatic carbocycles. The number of rotatable bonds is 3. The smallest absolute Gasteiger partial charge is 0.330 e. The number of ether oxygens (including phenoxy) is 2. The van der Waals surface area contributed by atoms with E-state index in [0.717, 1.165) is 42.6 Å². The third kappa shape index (κ3) is 4.04. The van der Waals surface area contributed by atoms with Crippen LogP contribution in [0.4, 0.5) is 0 Å². The summed E-state index contributed by atoms with van der Waals surface area (Å²) < 4.78 is 9.76. The van der Waals surface area contributed by atoms with Gasteiger partial charge in [-0.2, -0.15) is 0 Å². The van der Waals surface area contributed by atoms with E-state index in [1.54, 1.807) is 0 Å². The van der Waals surface area contributed by atoms with E-state index < -0.39 is 5.97 Å². The summed E-state index contributed by atoms with van der Waals surface area (Å²) in [5.41, 5.74) is -0.219. The lowest BCUT2D eigenvalue weighted by atomic mass is 9.76. The first-order valence-corrected chi connectivity index (χ1v) is 8.48. The predicted octanol–water partition coefficient (Wildman–Crippen LogP) is 3.67. The fraction of sp³-hybridized carbons (Fsp3) is 0.684. The normalized spacial score (nSPS) is 37.0. The molecule has 4 atom stereocenters. The molecule has 0 aliphatic heterocycles. The molecular weight excluding hydrogens is 292 g/mol. The van der Waals surface area contributed by atoms with Crippen molar-refractivity contribution in [3.63, 3.8) is 0 Å². The Bertz CT molecular complexity index is 464. The molecule has 4 heteroatoms. The van der Waals surface area contributed by atoms with Gasteiger partial charge >= 0.3 is 11.9 Å². The summed E-state index contributed by atoms with van der Waals surface area (Å²) in [7, 11) is 1.31. The Balaban J connectivity index is 0.000000277. The largest absolute Gasteiger partial charge is 0.466 e. The van der Waals surface area contributed by atoms with Crippen LogP contribution in [0.15, 0.2) is 25.3 Å². The van der Waals surface area contributed by atoms with Gasteiger partial charge in [0.2, 0.25) is 0 Å². The first-order valence-electron chi connectivity index (χ1n) is 8.48. The standard InChI is InChI=1S/C15H22O2.C4H6O2/c1-3-14(16)17-15(2)8-10-7-11(9-15)13-6-4-5-12(10)13;1-3-4(5)6-2/h3,10-13H,1,4-9H2,2H3;3H,1H2,2H3. The van der Waals surface area contributed by atoms with E-state index >= 15 is 0 Å². The molecule has 0 aromatic carbocycles. The maximum atomic E-state index is 11.4. The van der Waals surface area contributed by atoms with Crippen molar-refractivity contribution in [1.29, 1.82) is 0 Å². The van der Waals surface area contributed by atoms with Crippen LogP contribution in [-0.2, 0) is 19.1 Å². The molecule has 0 aromatic heterocycles. The molecule has 0 aromatic rings. The van der Waals surface area contributed by atoms with Crippen LogP contribution in [0.2, 0.25) is 0 Å². The highest BCUT2D eigenvalue weighted by Crippen LogP contribution is 2.59. The Morgan fingerprint density at radius 1 is 1.04 bits per heavy atom. The number of hydrogen-bond acceptors (Lipinski definition) is 4. The molecule has 3 fully saturated rings. The molecule has 4 nitrogen and oxygen atoms in total. The van der Waals surface area contributed by atoms with Gasteiger partial charge in [0.25, 0.3) is 0 Å². The van der Waals surface area contributed by atoms with Crippen molar-refractivity contribution in [2.45, 2.75) is 51.0 Å². The highest BCUT2D eigenvalue weighted by atomic mass is 16.6. The predicted molar refractivity (Wildman–Crippen MR) is 88.6 cm³/mol. The molecule has 4 unspecified atom stereocenters. The van der Waals surface area contributed by atoms with E-state index in [2.05, 4.69) is 24.8 Å². The van der Waals surface area contributed by atoms with Crippen LogP contribution < -0.4 is 0 Å². The van der Waals surface area contributed by atoms with Gasteiger partial charge in [-0.3, -0.25) is 0 Å². The molecule has 3 rings (SSSR count). The second kappa shape index (κ2) is 7.33. The van der Waals surface area contributed by atoms with Gasteiger partial charge in [-0.05, 0) is 62.7 Å². The minimum absolute atomic E-state index is 0.219. The summed E-state index contributed by atoms with van der Waals surface area (Å²) in [6, 6.07) is 0. The maximum Gasteiger partial charge on any atom is 0.330 e. The number of methoxy groups -OCH3 is 1. The Labute approximate surface area is 138 Å². The van der Waals surface area contributed by atoms with E-state index in [4.69, 9.17) is 4.74 Å². The van der Waals surface area contributed by atoms with Crippen LogP contribution in [0.5, 0.6) is 0 Å². The lowest BCUT2D eigenvalue weighted by Gasteiger charge is -2.38. The minimum atomic E-state index is -0.394. The molecule has 0 amide bonds. The molecule has 2 bridgehead atoms. The summed E-state index contributed by atoms with van der Waals surface area (Å²) >= 11 is 0. The molecule has 0 saturated heterocycles. The summed E-state index contributed by atoms with van der Waals surface area (Å²) in [6.07, 6.45) is 10.2. The van der Waals surface area contributed by atoms with Gasteiger partial charge in [-0.15, -0.1) is 0 Å². The molecule has 23 heavy (non-hydrogen) atoms. The van der Waals surface area contributed by atoms with E-state index in [1.807, 2.05) is 0 Å². The van der Waals surface area contributed by atoms with Crippen LogP contribution in [0.25, 0.3) is 0 Å². The fourth-order valence-corrected chi connectivity index (χ4v) is 5.04. The van der Waals surface area contributed by atoms with Gasteiger partial charge < -0.3 is 9.47 Å². The zero-order chi connectivity index (χ0) is 17.0. The van der Waals surface area contributed by atoms with Gasteiger partial charge in [-0.1, -0.05) is 19.6 Å². The van der Waals surface area contributed by atoms with Crippen LogP contribution in [-0.4, -0.2) is 24.6 Å². The highest BCUT2D eigenvalue weighted by Gasteiger charge is 2.53. The number of fused-ring (bicyclic) bond motifs is 5. The topological polar surface area (TPSA) is 52.6 Å². The molecule has 0 heterocycles. The monoisotopic (exact) mass is 320 g/mol. The van der Waals surface area contributed by atoms with Crippen LogP contribution in [0.3, 0.4) is 0 Å². The third-order valence-electron chi connectivity index (χ3n) is 5.71. The Hall–Kier alpha value is -1.58.